The van der Waals surface area contributed by atoms with Gasteiger partial charge in [0.05, 0.1) is 13.2 Å². The molecule has 6 N–H and O–H groups in total. The van der Waals surface area contributed by atoms with Crippen LogP contribution in [0.3, 0.4) is 0 Å². The van der Waals surface area contributed by atoms with Gasteiger partial charge in [0.15, 0.2) is 11.5 Å². The zero-order valence-electron chi connectivity index (χ0n) is 11.0. The summed E-state index contributed by atoms with van der Waals surface area (Å²) in [6, 6.07) is 4.14. The van der Waals surface area contributed by atoms with Gasteiger partial charge in [-0.05, 0) is 17.7 Å². The second-order valence-corrected chi connectivity index (χ2v) is 4.78. The number of phenols is 1. The van der Waals surface area contributed by atoms with Crippen LogP contribution >= 0.6 is 0 Å². The molecule has 1 aliphatic rings. The molecule has 21 heavy (non-hydrogen) atoms. The fourth-order valence-electron chi connectivity index (χ4n) is 2.05. The molecule has 1 fully saturated rings. The molecule has 1 saturated heterocycles. The SMILES string of the molecule is OCc1ccc(OC2OC(CO)C(O)C(O)C2O)c(O)c1. The van der Waals surface area contributed by atoms with Crippen molar-refractivity contribution in [2.75, 3.05) is 6.61 Å². The van der Waals surface area contributed by atoms with Crippen molar-refractivity contribution >= 4 is 0 Å². The topological polar surface area (TPSA) is 140 Å². The van der Waals surface area contributed by atoms with Crippen LogP contribution in [-0.4, -0.2) is 68.0 Å². The standard InChI is InChI=1S/C13H18O8/c14-4-6-1-2-8(7(16)3-6)20-13-12(19)11(18)10(17)9(5-15)21-13/h1-3,9-19H,4-5H2. The fourth-order valence-corrected chi connectivity index (χ4v) is 2.05. The highest BCUT2D eigenvalue weighted by Crippen LogP contribution is 2.31. The zero-order valence-corrected chi connectivity index (χ0v) is 11.0. The second-order valence-electron chi connectivity index (χ2n) is 4.78. The van der Waals surface area contributed by atoms with Crippen LogP contribution in [-0.2, 0) is 11.3 Å². The van der Waals surface area contributed by atoms with Crippen molar-refractivity contribution in [1.82, 2.24) is 0 Å². The first-order valence-electron chi connectivity index (χ1n) is 6.38. The number of aliphatic hydroxyl groups is 5. The smallest absolute Gasteiger partial charge is 0.229 e. The van der Waals surface area contributed by atoms with Crippen LogP contribution in [0.4, 0.5) is 0 Å². The molecule has 1 aromatic carbocycles. The van der Waals surface area contributed by atoms with Gasteiger partial charge in [0, 0.05) is 0 Å². The van der Waals surface area contributed by atoms with Gasteiger partial charge in [0.1, 0.15) is 24.4 Å². The maximum Gasteiger partial charge on any atom is 0.229 e. The third kappa shape index (κ3) is 3.26. The maximum atomic E-state index is 9.81. The van der Waals surface area contributed by atoms with Crippen LogP contribution in [0.2, 0.25) is 0 Å². The lowest BCUT2D eigenvalue weighted by atomic mass is 9.99. The Morgan fingerprint density at radius 1 is 1.05 bits per heavy atom. The number of rotatable bonds is 4. The van der Waals surface area contributed by atoms with Gasteiger partial charge in [-0.3, -0.25) is 0 Å². The normalized spacial score (nSPS) is 32.9. The quantitative estimate of drug-likeness (QED) is 0.378. The molecular formula is C13H18O8. The van der Waals surface area contributed by atoms with Crippen LogP contribution in [0.5, 0.6) is 11.5 Å². The minimum atomic E-state index is -1.56. The molecule has 2 rings (SSSR count). The molecule has 0 spiro atoms. The summed E-state index contributed by atoms with van der Waals surface area (Å²) in [7, 11) is 0. The molecule has 1 aliphatic heterocycles. The van der Waals surface area contributed by atoms with E-state index < -0.39 is 37.3 Å². The Hall–Kier alpha value is -1.42. The summed E-state index contributed by atoms with van der Waals surface area (Å²) < 4.78 is 10.4. The van der Waals surface area contributed by atoms with Gasteiger partial charge in [-0.25, -0.2) is 0 Å². The summed E-state index contributed by atoms with van der Waals surface area (Å²) in [5.41, 5.74) is 0.466. The van der Waals surface area contributed by atoms with E-state index in [9.17, 15) is 20.4 Å². The maximum absolute atomic E-state index is 9.81. The molecule has 5 unspecified atom stereocenters. The lowest BCUT2D eigenvalue weighted by Crippen LogP contribution is -2.60. The van der Waals surface area contributed by atoms with Crippen molar-refractivity contribution in [1.29, 1.82) is 0 Å². The summed E-state index contributed by atoms with van der Waals surface area (Å²) in [5, 5.41) is 56.8. The highest BCUT2D eigenvalue weighted by molar-refractivity contribution is 5.41. The van der Waals surface area contributed by atoms with Gasteiger partial charge in [0.2, 0.25) is 6.29 Å². The van der Waals surface area contributed by atoms with Gasteiger partial charge in [0.25, 0.3) is 0 Å². The molecule has 0 bridgehead atoms. The highest BCUT2D eigenvalue weighted by Gasteiger charge is 2.44. The van der Waals surface area contributed by atoms with E-state index in [4.69, 9.17) is 19.7 Å². The molecule has 0 amide bonds. The minimum Gasteiger partial charge on any atom is -0.504 e. The predicted octanol–water partition coefficient (Wildman–Crippen LogP) is -1.94. The van der Waals surface area contributed by atoms with Gasteiger partial charge in [-0.2, -0.15) is 0 Å². The van der Waals surface area contributed by atoms with Gasteiger partial charge in [-0.1, -0.05) is 6.07 Å². The number of aliphatic hydroxyl groups excluding tert-OH is 5. The van der Waals surface area contributed by atoms with Crippen molar-refractivity contribution in [3.63, 3.8) is 0 Å². The van der Waals surface area contributed by atoms with Crippen molar-refractivity contribution in [2.24, 2.45) is 0 Å². The third-order valence-corrected chi connectivity index (χ3v) is 3.30. The molecular weight excluding hydrogens is 284 g/mol. The number of aromatic hydroxyl groups is 1. The van der Waals surface area contributed by atoms with Gasteiger partial charge < -0.3 is 40.1 Å². The monoisotopic (exact) mass is 302 g/mol. The second kappa shape index (κ2) is 6.56. The molecule has 8 heteroatoms. The molecule has 5 atom stereocenters. The van der Waals surface area contributed by atoms with Crippen molar-refractivity contribution in [2.45, 2.75) is 37.3 Å². The number of benzene rings is 1. The van der Waals surface area contributed by atoms with E-state index >= 15 is 0 Å². The Morgan fingerprint density at radius 2 is 1.76 bits per heavy atom. The lowest BCUT2D eigenvalue weighted by molar-refractivity contribution is -0.277. The Morgan fingerprint density at radius 3 is 2.33 bits per heavy atom. The van der Waals surface area contributed by atoms with Gasteiger partial charge >= 0.3 is 0 Å². The third-order valence-electron chi connectivity index (χ3n) is 3.30. The predicted molar refractivity (Wildman–Crippen MR) is 68.4 cm³/mol. The van der Waals surface area contributed by atoms with Crippen LogP contribution in [0.1, 0.15) is 5.56 Å². The average Bonchev–Trinajstić information content (AvgIpc) is 2.49. The first-order chi connectivity index (χ1) is 9.97. The van der Waals surface area contributed by atoms with Gasteiger partial charge in [-0.15, -0.1) is 0 Å². The Labute approximate surface area is 120 Å². The molecule has 118 valence electrons. The van der Waals surface area contributed by atoms with E-state index in [1.165, 1.54) is 18.2 Å². The zero-order chi connectivity index (χ0) is 15.6. The van der Waals surface area contributed by atoms with Crippen molar-refractivity contribution < 1.29 is 40.1 Å². The first kappa shape index (κ1) is 16.0. The van der Waals surface area contributed by atoms with Crippen molar-refractivity contribution in [3.05, 3.63) is 23.8 Å². The summed E-state index contributed by atoms with van der Waals surface area (Å²) in [6.45, 7) is -0.825. The average molecular weight is 302 g/mol. The molecule has 0 saturated carbocycles. The number of ether oxygens (including phenoxy) is 2. The fraction of sp³-hybridized carbons (Fsp3) is 0.538. The largest absolute Gasteiger partial charge is 0.504 e. The first-order valence-corrected chi connectivity index (χ1v) is 6.38. The van der Waals surface area contributed by atoms with Crippen LogP contribution in [0, 0.1) is 0 Å². The van der Waals surface area contributed by atoms with Crippen LogP contribution in [0.15, 0.2) is 18.2 Å². The summed E-state index contributed by atoms with van der Waals surface area (Å²) in [5.74, 6) is -0.310. The van der Waals surface area contributed by atoms with E-state index in [2.05, 4.69) is 0 Å². The number of hydrogen-bond acceptors (Lipinski definition) is 8. The van der Waals surface area contributed by atoms with E-state index in [0.29, 0.717) is 5.56 Å². The van der Waals surface area contributed by atoms with E-state index in [1.807, 2.05) is 0 Å². The molecule has 0 radical (unpaired) electrons. The van der Waals surface area contributed by atoms with Crippen LogP contribution < -0.4 is 4.74 Å². The Bertz CT molecular complexity index is 477. The molecule has 8 nitrogen and oxygen atoms in total. The summed E-state index contributed by atoms with van der Waals surface area (Å²) in [6.07, 6.45) is -7.05. The summed E-state index contributed by atoms with van der Waals surface area (Å²) in [4.78, 5) is 0. The van der Waals surface area contributed by atoms with E-state index in [-0.39, 0.29) is 18.1 Å². The summed E-state index contributed by atoms with van der Waals surface area (Å²) >= 11 is 0. The molecule has 0 aliphatic carbocycles. The van der Waals surface area contributed by atoms with Crippen LogP contribution in [0.25, 0.3) is 0 Å². The Kier molecular flexibility index (Phi) is 4.99. The minimum absolute atomic E-state index is 0.0310. The Balaban J connectivity index is 2.14. The number of phenolic OH excluding ortho intramolecular Hbond substituents is 1. The lowest BCUT2D eigenvalue weighted by Gasteiger charge is -2.39. The molecule has 0 aromatic heterocycles. The van der Waals surface area contributed by atoms with E-state index in [0.717, 1.165) is 0 Å². The molecule has 1 heterocycles. The van der Waals surface area contributed by atoms with E-state index in [1.54, 1.807) is 0 Å². The van der Waals surface area contributed by atoms with Crippen molar-refractivity contribution in [3.8, 4) is 11.5 Å². The number of hydrogen-bond donors (Lipinski definition) is 6. The molecule has 1 aromatic rings. The highest BCUT2D eigenvalue weighted by atomic mass is 16.7.